The first kappa shape index (κ1) is 14.8. The molecule has 18 heavy (non-hydrogen) atoms. The van der Waals surface area contributed by atoms with Crippen molar-refractivity contribution in [3.8, 4) is 0 Å². The molecule has 0 heteroatoms. The standard InChI is InChI=1S/C18H26/c1-7-10-11-13(4)18-12-14(5)16(8-2)15(6)17(18)9-3/h7,10-12H,8-9H2,1-6H3/b10-7-,13-11-. The predicted molar refractivity (Wildman–Crippen MR) is 83.1 cm³/mol. The molecule has 0 aliphatic heterocycles. The Kier molecular flexibility index (Phi) is 5.40. The van der Waals surface area contributed by atoms with Gasteiger partial charge in [0.25, 0.3) is 0 Å². The SMILES string of the molecule is C/C=C\C=C(\C)c1cc(C)c(CC)c(C)c1CC. The third-order valence-electron chi connectivity index (χ3n) is 3.74. The molecule has 0 bridgehead atoms. The Hall–Kier alpha value is -1.30. The Morgan fingerprint density at radius 2 is 1.72 bits per heavy atom. The minimum absolute atomic E-state index is 1.11. The summed E-state index contributed by atoms with van der Waals surface area (Å²) in [5.74, 6) is 0. The second kappa shape index (κ2) is 6.58. The molecule has 0 nitrogen and oxygen atoms in total. The van der Waals surface area contributed by atoms with E-state index in [2.05, 4.69) is 65.8 Å². The van der Waals surface area contributed by atoms with Gasteiger partial charge in [-0.3, -0.25) is 0 Å². The smallest absolute Gasteiger partial charge is 0.0190 e. The summed E-state index contributed by atoms with van der Waals surface area (Å²) in [6.45, 7) is 13.3. The molecule has 0 fully saturated rings. The lowest BCUT2D eigenvalue weighted by Crippen LogP contribution is -2.02. The van der Waals surface area contributed by atoms with Crippen LogP contribution in [0.1, 0.15) is 55.5 Å². The Bertz CT molecular complexity index is 473. The number of rotatable bonds is 4. The van der Waals surface area contributed by atoms with Crippen molar-refractivity contribution in [1.29, 1.82) is 0 Å². The van der Waals surface area contributed by atoms with E-state index in [0.717, 1.165) is 12.8 Å². The van der Waals surface area contributed by atoms with Crippen molar-refractivity contribution in [2.45, 2.75) is 54.4 Å². The van der Waals surface area contributed by atoms with E-state index in [0.29, 0.717) is 0 Å². The number of allylic oxidation sites excluding steroid dienone is 4. The molecule has 1 rings (SSSR count). The monoisotopic (exact) mass is 242 g/mol. The molecule has 0 spiro atoms. The maximum absolute atomic E-state index is 2.36. The quantitative estimate of drug-likeness (QED) is 0.619. The van der Waals surface area contributed by atoms with Crippen molar-refractivity contribution in [2.24, 2.45) is 0 Å². The zero-order valence-corrected chi connectivity index (χ0v) is 12.7. The van der Waals surface area contributed by atoms with E-state index < -0.39 is 0 Å². The summed E-state index contributed by atoms with van der Waals surface area (Å²) in [7, 11) is 0. The highest BCUT2D eigenvalue weighted by Crippen LogP contribution is 2.28. The molecule has 98 valence electrons. The largest absolute Gasteiger partial charge is 0.0877 e. The van der Waals surface area contributed by atoms with E-state index in [4.69, 9.17) is 0 Å². The van der Waals surface area contributed by atoms with Crippen LogP contribution in [0.4, 0.5) is 0 Å². The third kappa shape index (κ3) is 2.93. The average molecular weight is 242 g/mol. The van der Waals surface area contributed by atoms with Crippen molar-refractivity contribution >= 4 is 5.57 Å². The summed E-state index contributed by atoms with van der Waals surface area (Å²) in [4.78, 5) is 0. The summed E-state index contributed by atoms with van der Waals surface area (Å²) in [5, 5.41) is 0. The van der Waals surface area contributed by atoms with Crippen LogP contribution in [0.5, 0.6) is 0 Å². The number of hydrogen-bond donors (Lipinski definition) is 0. The minimum atomic E-state index is 1.11. The molecule has 0 aliphatic rings. The number of hydrogen-bond acceptors (Lipinski definition) is 0. The summed E-state index contributed by atoms with van der Waals surface area (Å²) in [6.07, 6.45) is 8.64. The number of aryl methyl sites for hydroxylation is 1. The van der Waals surface area contributed by atoms with E-state index in [-0.39, 0.29) is 0 Å². The van der Waals surface area contributed by atoms with Crippen LogP contribution in [-0.4, -0.2) is 0 Å². The lowest BCUT2D eigenvalue weighted by atomic mass is 9.87. The van der Waals surface area contributed by atoms with Crippen LogP contribution >= 0.6 is 0 Å². The van der Waals surface area contributed by atoms with Crippen LogP contribution in [0, 0.1) is 13.8 Å². The van der Waals surface area contributed by atoms with E-state index in [1.54, 1.807) is 0 Å². The van der Waals surface area contributed by atoms with Crippen LogP contribution in [0.2, 0.25) is 0 Å². The predicted octanol–water partition coefficient (Wildman–Crippen LogP) is 5.41. The highest BCUT2D eigenvalue weighted by atomic mass is 14.2. The highest BCUT2D eigenvalue weighted by Gasteiger charge is 2.11. The topological polar surface area (TPSA) is 0 Å². The number of benzene rings is 1. The van der Waals surface area contributed by atoms with Gasteiger partial charge in [0.1, 0.15) is 0 Å². The van der Waals surface area contributed by atoms with Gasteiger partial charge in [-0.25, -0.2) is 0 Å². The molecule has 0 aromatic heterocycles. The van der Waals surface area contributed by atoms with Crippen molar-refractivity contribution in [3.63, 3.8) is 0 Å². The van der Waals surface area contributed by atoms with Gasteiger partial charge < -0.3 is 0 Å². The molecule has 0 atom stereocenters. The molecule has 0 unspecified atom stereocenters. The van der Waals surface area contributed by atoms with Crippen molar-refractivity contribution in [2.75, 3.05) is 0 Å². The molecule has 0 N–H and O–H groups in total. The van der Waals surface area contributed by atoms with E-state index in [1.807, 2.05) is 0 Å². The normalized spacial score (nSPS) is 12.4. The van der Waals surface area contributed by atoms with Crippen LogP contribution in [0.3, 0.4) is 0 Å². The zero-order chi connectivity index (χ0) is 13.7. The molecular formula is C18H26. The lowest BCUT2D eigenvalue weighted by molar-refractivity contribution is 1.02. The van der Waals surface area contributed by atoms with Gasteiger partial charge in [-0.05, 0) is 73.9 Å². The van der Waals surface area contributed by atoms with Crippen LogP contribution in [0.25, 0.3) is 5.57 Å². The molecule has 1 aromatic carbocycles. The van der Waals surface area contributed by atoms with E-state index >= 15 is 0 Å². The van der Waals surface area contributed by atoms with Gasteiger partial charge in [-0.1, -0.05) is 38.1 Å². The minimum Gasteiger partial charge on any atom is -0.0877 e. The lowest BCUT2D eigenvalue weighted by Gasteiger charge is -2.18. The fourth-order valence-electron chi connectivity index (χ4n) is 2.75. The van der Waals surface area contributed by atoms with Gasteiger partial charge in [0.15, 0.2) is 0 Å². The van der Waals surface area contributed by atoms with Crippen molar-refractivity contribution < 1.29 is 0 Å². The maximum Gasteiger partial charge on any atom is -0.0190 e. The fourth-order valence-corrected chi connectivity index (χ4v) is 2.75. The maximum atomic E-state index is 2.36. The molecule has 0 saturated heterocycles. The van der Waals surface area contributed by atoms with Gasteiger partial charge in [0, 0.05) is 0 Å². The molecule has 0 saturated carbocycles. The van der Waals surface area contributed by atoms with Gasteiger partial charge in [-0.15, -0.1) is 0 Å². The van der Waals surface area contributed by atoms with Gasteiger partial charge in [0.05, 0.1) is 0 Å². The zero-order valence-electron chi connectivity index (χ0n) is 12.7. The van der Waals surface area contributed by atoms with E-state index in [1.165, 1.54) is 33.4 Å². The summed E-state index contributed by atoms with van der Waals surface area (Å²) in [6, 6.07) is 2.36. The fraction of sp³-hybridized carbons (Fsp3) is 0.444. The third-order valence-corrected chi connectivity index (χ3v) is 3.74. The Labute approximate surface area is 112 Å². The first-order valence-corrected chi connectivity index (χ1v) is 6.98. The van der Waals surface area contributed by atoms with Gasteiger partial charge in [-0.2, -0.15) is 0 Å². The van der Waals surface area contributed by atoms with Crippen molar-refractivity contribution in [1.82, 2.24) is 0 Å². The average Bonchev–Trinajstić information content (AvgIpc) is 2.35. The summed E-state index contributed by atoms with van der Waals surface area (Å²) in [5.41, 5.74) is 8.73. The Morgan fingerprint density at radius 1 is 1.11 bits per heavy atom. The van der Waals surface area contributed by atoms with Gasteiger partial charge >= 0.3 is 0 Å². The molecule has 0 aliphatic carbocycles. The van der Waals surface area contributed by atoms with Crippen LogP contribution in [-0.2, 0) is 12.8 Å². The molecule has 1 aromatic rings. The molecule has 0 radical (unpaired) electrons. The first-order valence-electron chi connectivity index (χ1n) is 6.98. The summed E-state index contributed by atoms with van der Waals surface area (Å²) < 4.78 is 0. The second-order valence-electron chi connectivity index (χ2n) is 4.91. The molecule has 0 heterocycles. The van der Waals surface area contributed by atoms with Crippen molar-refractivity contribution in [3.05, 3.63) is 52.1 Å². The Morgan fingerprint density at radius 3 is 2.22 bits per heavy atom. The summed E-state index contributed by atoms with van der Waals surface area (Å²) >= 11 is 0. The van der Waals surface area contributed by atoms with E-state index in [9.17, 15) is 0 Å². The first-order chi connectivity index (χ1) is 8.56. The molecule has 0 amide bonds. The second-order valence-corrected chi connectivity index (χ2v) is 4.91. The Balaban J connectivity index is 3.45. The van der Waals surface area contributed by atoms with Crippen LogP contribution in [0.15, 0.2) is 24.3 Å². The van der Waals surface area contributed by atoms with Gasteiger partial charge in [0.2, 0.25) is 0 Å². The molecular weight excluding hydrogens is 216 g/mol. The van der Waals surface area contributed by atoms with Crippen LogP contribution < -0.4 is 0 Å². The highest BCUT2D eigenvalue weighted by molar-refractivity contribution is 5.70.